The predicted octanol–water partition coefficient (Wildman–Crippen LogP) is 4.88. The van der Waals surface area contributed by atoms with Gasteiger partial charge in [-0.2, -0.15) is 0 Å². The number of fused-ring (bicyclic) bond motifs is 2. The third-order valence-corrected chi connectivity index (χ3v) is 10.1. The number of para-hydroxylation sites is 1. The summed E-state index contributed by atoms with van der Waals surface area (Å²) in [5.74, 6) is 3.61. The monoisotopic (exact) mass is 317 g/mol. The fourth-order valence-electron chi connectivity index (χ4n) is 5.66. The van der Waals surface area contributed by atoms with Gasteiger partial charge in [0.2, 0.25) is 0 Å². The van der Waals surface area contributed by atoms with Crippen molar-refractivity contribution in [2.75, 3.05) is 16.8 Å². The number of hydrogen-bond acceptors (Lipinski definition) is 3. The first-order chi connectivity index (χ1) is 10.4. The number of hydrogen-bond donors (Lipinski definition) is 1. The Morgan fingerprint density at radius 1 is 1.00 bits per heavy atom. The molecule has 1 saturated heterocycles. The lowest BCUT2D eigenvalue weighted by Gasteiger charge is -2.55. The third kappa shape index (κ3) is 1.63. The molecule has 21 heavy (non-hydrogen) atoms. The van der Waals surface area contributed by atoms with Gasteiger partial charge in [-0.05, 0) is 43.2 Å². The van der Waals surface area contributed by atoms with E-state index in [-0.39, 0.29) is 0 Å². The Morgan fingerprint density at radius 3 is 2.76 bits per heavy atom. The van der Waals surface area contributed by atoms with E-state index in [0.717, 1.165) is 5.92 Å². The molecule has 1 N–H and O–H groups in total. The van der Waals surface area contributed by atoms with Crippen molar-refractivity contribution in [3.05, 3.63) is 29.8 Å². The summed E-state index contributed by atoms with van der Waals surface area (Å²) in [4.78, 5) is 0. The minimum Gasteiger partial charge on any atom is -0.379 e. The smallest absolute Gasteiger partial charge is 0.0820 e. The van der Waals surface area contributed by atoms with Gasteiger partial charge in [-0.15, -0.1) is 23.5 Å². The highest BCUT2D eigenvalue weighted by atomic mass is 32.2. The number of benzene rings is 1. The van der Waals surface area contributed by atoms with Gasteiger partial charge in [-0.3, -0.25) is 0 Å². The van der Waals surface area contributed by atoms with Crippen LogP contribution in [0.15, 0.2) is 24.3 Å². The SMILES string of the molecule is c1ccc2c(c1)N[C@H]1C3(CC[C@@H]4CCCC[C@@]241)SCCS3. The molecule has 4 aliphatic rings. The summed E-state index contributed by atoms with van der Waals surface area (Å²) >= 11 is 4.53. The summed E-state index contributed by atoms with van der Waals surface area (Å²) in [5, 5.41) is 4.02. The lowest BCUT2D eigenvalue weighted by Crippen LogP contribution is -2.59. The number of rotatable bonds is 0. The van der Waals surface area contributed by atoms with Gasteiger partial charge in [0.1, 0.15) is 0 Å². The van der Waals surface area contributed by atoms with Crippen molar-refractivity contribution in [2.24, 2.45) is 5.92 Å². The summed E-state index contributed by atoms with van der Waals surface area (Å²) in [5.41, 5.74) is 3.55. The minimum atomic E-state index is 0.442. The van der Waals surface area contributed by atoms with Crippen LogP contribution in [0.2, 0.25) is 0 Å². The molecule has 0 radical (unpaired) electrons. The zero-order valence-electron chi connectivity index (χ0n) is 12.4. The first-order valence-corrected chi connectivity index (χ1v) is 10.5. The maximum absolute atomic E-state index is 4.02. The van der Waals surface area contributed by atoms with E-state index in [1.165, 1.54) is 55.7 Å². The quantitative estimate of drug-likeness (QED) is 0.732. The Kier molecular flexibility index (Phi) is 2.89. The lowest BCUT2D eigenvalue weighted by atomic mass is 9.55. The van der Waals surface area contributed by atoms with E-state index in [2.05, 4.69) is 53.1 Å². The van der Waals surface area contributed by atoms with Gasteiger partial charge in [0.05, 0.1) is 10.1 Å². The van der Waals surface area contributed by atoms with Crippen LogP contribution in [0.5, 0.6) is 0 Å². The van der Waals surface area contributed by atoms with Crippen LogP contribution in [-0.4, -0.2) is 21.6 Å². The molecule has 2 aliphatic heterocycles. The zero-order valence-corrected chi connectivity index (χ0v) is 14.1. The molecule has 1 aromatic carbocycles. The van der Waals surface area contributed by atoms with Gasteiger partial charge in [0, 0.05) is 22.6 Å². The molecule has 3 fully saturated rings. The van der Waals surface area contributed by atoms with Crippen LogP contribution in [0, 0.1) is 5.92 Å². The van der Waals surface area contributed by atoms with Crippen LogP contribution < -0.4 is 5.32 Å². The first kappa shape index (κ1) is 13.2. The van der Waals surface area contributed by atoms with E-state index in [9.17, 15) is 0 Å². The second-order valence-corrected chi connectivity index (χ2v) is 10.3. The van der Waals surface area contributed by atoms with Crippen LogP contribution in [0.1, 0.15) is 44.1 Å². The Balaban J connectivity index is 1.69. The van der Waals surface area contributed by atoms with Crippen molar-refractivity contribution in [1.82, 2.24) is 0 Å². The highest BCUT2D eigenvalue weighted by molar-refractivity contribution is 8.21. The Morgan fingerprint density at radius 2 is 1.86 bits per heavy atom. The summed E-state index contributed by atoms with van der Waals surface area (Å²) in [6, 6.07) is 9.90. The molecule has 0 bridgehead atoms. The molecule has 0 aromatic heterocycles. The largest absolute Gasteiger partial charge is 0.379 e. The Bertz CT molecular complexity index is 566. The molecule has 3 heteroatoms. The molecule has 2 heterocycles. The van der Waals surface area contributed by atoms with Crippen molar-refractivity contribution in [2.45, 2.75) is 54.1 Å². The zero-order chi connectivity index (χ0) is 13.9. The van der Waals surface area contributed by atoms with Crippen molar-refractivity contribution in [3.63, 3.8) is 0 Å². The number of nitrogens with one attached hydrogen (secondary N) is 1. The third-order valence-electron chi connectivity index (χ3n) is 6.42. The van der Waals surface area contributed by atoms with E-state index in [0.29, 0.717) is 15.5 Å². The minimum absolute atomic E-state index is 0.442. The maximum Gasteiger partial charge on any atom is 0.0820 e. The molecule has 1 aromatic rings. The molecular weight excluding hydrogens is 294 g/mol. The fourth-order valence-corrected chi connectivity index (χ4v) is 9.25. The average Bonchev–Trinajstić information content (AvgIpc) is 3.12. The summed E-state index contributed by atoms with van der Waals surface area (Å²) < 4.78 is 0.451. The van der Waals surface area contributed by atoms with Gasteiger partial charge in [-0.25, -0.2) is 0 Å². The number of thioether (sulfide) groups is 2. The van der Waals surface area contributed by atoms with Crippen molar-refractivity contribution in [3.8, 4) is 0 Å². The summed E-state index contributed by atoms with van der Waals surface area (Å²) in [6.07, 6.45) is 8.61. The molecule has 112 valence electrons. The van der Waals surface area contributed by atoms with Crippen molar-refractivity contribution < 1.29 is 0 Å². The maximum atomic E-state index is 4.02. The normalized spacial score (nSPS) is 39.4. The molecule has 0 unspecified atom stereocenters. The van der Waals surface area contributed by atoms with E-state index in [1.54, 1.807) is 5.56 Å². The van der Waals surface area contributed by atoms with Crippen LogP contribution in [0.3, 0.4) is 0 Å². The molecule has 5 rings (SSSR count). The molecule has 2 aliphatic carbocycles. The van der Waals surface area contributed by atoms with E-state index >= 15 is 0 Å². The summed E-state index contributed by atoms with van der Waals surface area (Å²) in [7, 11) is 0. The fraction of sp³-hybridized carbons (Fsp3) is 0.667. The standard InChI is InChI=1S/C18H23NS2/c1-2-7-15-14(6-1)17-9-4-3-5-13(17)8-10-18(16(17)19-15)20-11-12-21-18/h1-2,6-7,13,16,19H,3-5,8-12H2/t13-,16+,17-/m0/s1. The van der Waals surface area contributed by atoms with E-state index in [4.69, 9.17) is 0 Å². The molecular formula is C18H23NS2. The van der Waals surface area contributed by atoms with E-state index < -0.39 is 0 Å². The van der Waals surface area contributed by atoms with Gasteiger partial charge in [0.25, 0.3) is 0 Å². The highest BCUT2D eigenvalue weighted by Crippen LogP contribution is 2.66. The Labute approximate surface area is 136 Å². The first-order valence-electron chi connectivity index (χ1n) is 8.49. The molecule has 1 nitrogen and oxygen atoms in total. The molecule has 2 spiro atoms. The second-order valence-electron chi connectivity index (χ2n) is 7.15. The van der Waals surface area contributed by atoms with Crippen molar-refractivity contribution >= 4 is 29.2 Å². The van der Waals surface area contributed by atoms with Crippen LogP contribution in [-0.2, 0) is 5.41 Å². The van der Waals surface area contributed by atoms with Crippen LogP contribution in [0.4, 0.5) is 5.69 Å². The molecule has 3 atom stereocenters. The van der Waals surface area contributed by atoms with Gasteiger partial charge < -0.3 is 5.32 Å². The van der Waals surface area contributed by atoms with Gasteiger partial charge in [0.15, 0.2) is 0 Å². The van der Waals surface area contributed by atoms with Gasteiger partial charge >= 0.3 is 0 Å². The average molecular weight is 318 g/mol. The Hall–Kier alpha value is -0.280. The van der Waals surface area contributed by atoms with Crippen LogP contribution >= 0.6 is 23.5 Å². The second kappa shape index (κ2) is 4.61. The predicted molar refractivity (Wildman–Crippen MR) is 94.4 cm³/mol. The topological polar surface area (TPSA) is 12.0 Å². The molecule has 0 amide bonds. The molecule has 2 saturated carbocycles. The van der Waals surface area contributed by atoms with E-state index in [1.807, 2.05) is 0 Å². The number of anilines is 1. The summed E-state index contributed by atoms with van der Waals surface area (Å²) in [6.45, 7) is 0. The van der Waals surface area contributed by atoms with Crippen LogP contribution in [0.25, 0.3) is 0 Å². The highest BCUT2D eigenvalue weighted by Gasteiger charge is 2.63. The van der Waals surface area contributed by atoms with Gasteiger partial charge in [-0.1, -0.05) is 31.0 Å². The van der Waals surface area contributed by atoms with Crippen molar-refractivity contribution in [1.29, 1.82) is 0 Å². The lowest BCUT2D eigenvalue weighted by molar-refractivity contribution is 0.116.